The molecule has 0 aliphatic carbocycles. The number of halogens is 1. The Morgan fingerprint density at radius 1 is 1.58 bits per heavy atom. The summed E-state index contributed by atoms with van der Waals surface area (Å²) < 4.78 is 14.2. The van der Waals surface area contributed by atoms with E-state index in [1.54, 1.807) is 24.3 Å². The minimum absolute atomic E-state index is 0.0829. The van der Waals surface area contributed by atoms with Crippen LogP contribution in [-0.2, 0) is 5.67 Å². The molecule has 0 aromatic heterocycles. The Kier molecular flexibility index (Phi) is 4.14. The highest BCUT2D eigenvalue weighted by Gasteiger charge is 2.38. The Hall–Kier alpha value is -1.50. The summed E-state index contributed by atoms with van der Waals surface area (Å²) in [4.78, 5) is 11.8. The van der Waals surface area contributed by atoms with Gasteiger partial charge in [0.25, 0.3) is 5.91 Å². The molecule has 1 amide bonds. The average molecular weight is 267 g/mol. The topological polar surface area (TPSA) is 87.4 Å². The van der Waals surface area contributed by atoms with Gasteiger partial charge in [0.2, 0.25) is 0 Å². The maximum Gasteiger partial charge on any atom is 0.251 e. The second-order valence-electron chi connectivity index (χ2n) is 4.75. The number of carbonyl (C=O) groups excluding carboxylic acids is 1. The van der Waals surface area contributed by atoms with Gasteiger partial charge in [0.15, 0.2) is 5.67 Å². The Bertz CT molecular complexity index is 463. The van der Waals surface area contributed by atoms with Crippen LogP contribution in [0, 0.1) is 0 Å². The monoisotopic (exact) mass is 267 g/mol. The summed E-state index contributed by atoms with van der Waals surface area (Å²) in [6.45, 7) is 0.704. The Labute approximate surface area is 111 Å². The summed E-state index contributed by atoms with van der Waals surface area (Å²) in [6, 6.07) is 6.49. The summed E-state index contributed by atoms with van der Waals surface area (Å²) in [7, 11) is 0. The van der Waals surface area contributed by atoms with Crippen molar-refractivity contribution < 1.29 is 14.3 Å². The fraction of sp³-hybridized carbons (Fsp3) is 0.462. The number of carbonyl (C=O) groups is 1. The molecule has 1 aromatic rings. The molecule has 2 rings (SSSR count). The maximum atomic E-state index is 14.2. The van der Waals surface area contributed by atoms with Gasteiger partial charge < -0.3 is 21.5 Å². The lowest BCUT2D eigenvalue weighted by atomic mass is 9.89. The molecule has 1 aliphatic heterocycles. The number of hydrogen-bond donors (Lipinski definition) is 4. The first kappa shape index (κ1) is 13.9. The van der Waals surface area contributed by atoms with Gasteiger partial charge in [-0.15, -0.1) is 0 Å². The minimum atomic E-state index is -1.38. The first-order chi connectivity index (χ1) is 9.05. The van der Waals surface area contributed by atoms with Crippen molar-refractivity contribution in [3.05, 3.63) is 35.4 Å². The lowest BCUT2D eigenvalue weighted by Crippen LogP contribution is -2.53. The zero-order chi connectivity index (χ0) is 13.9. The van der Waals surface area contributed by atoms with Crippen molar-refractivity contribution in [1.29, 1.82) is 0 Å². The third-order valence-corrected chi connectivity index (χ3v) is 3.22. The van der Waals surface area contributed by atoms with Crippen molar-refractivity contribution in [1.82, 2.24) is 10.6 Å². The molecular weight excluding hydrogens is 249 g/mol. The molecular formula is C13H18FN3O2. The Balaban J connectivity index is 2.04. The third-order valence-electron chi connectivity index (χ3n) is 3.22. The summed E-state index contributed by atoms with van der Waals surface area (Å²) in [5.74, 6) is -0.342. The molecule has 0 spiro atoms. The van der Waals surface area contributed by atoms with Crippen LogP contribution in [0.4, 0.5) is 4.39 Å². The standard InChI is InChI=1S/C13H18FN3O2/c14-13(7-16-8-13)10-3-1-2-9(4-10)12(19)17-6-11(18)5-15/h1-4,11,16,18H,5-8,15H2,(H,17,19). The number of rotatable bonds is 5. The largest absolute Gasteiger partial charge is 0.390 e. The van der Waals surface area contributed by atoms with Gasteiger partial charge >= 0.3 is 0 Å². The van der Waals surface area contributed by atoms with Gasteiger partial charge in [-0.05, 0) is 17.7 Å². The summed E-state index contributed by atoms with van der Waals surface area (Å²) in [6.07, 6.45) is -0.768. The zero-order valence-electron chi connectivity index (χ0n) is 10.5. The lowest BCUT2D eigenvalue weighted by Gasteiger charge is -2.35. The van der Waals surface area contributed by atoms with Crippen molar-refractivity contribution in [2.24, 2.45) is 5.73 Å². The smallest absolute Gasteiger partial charge is 0.251 e. The van der Waals surface area contributed by atoms with Gasteiger partial charge in [-0.1, -0.05) is 12.1 Å². The van der Waals surface area contributed by atoms with Crippen LogP contribution >= 0.6 is 0 Å². The van der Waals surface area contributed by atoms with Gasteiger partial charge in [-0.3, -0.25) is 4.79 Å². The zero-order valence-corrected chi connectivity index (χ0v) is 10.5. The molecule has 1 aromatic carbocycles. The van der Waals surface area contributed by atoms with Crippen LogP contribution in [0.2, 0.25) is 0 Å². The lowest BCUT2D eigenvalue weighted by molar-refractivity contribution is 0.0880. The van der Waals surface area contributed by atoms with E-state index < -0.39 is 11.8 Å². The Morgan fingerprint density at radius 3 is 2.89 bits per heavy atom. The third kappa shape index (κ3) is 3.09. The summed E-state index contributed by atoms with van der Waals surface area (Å²) in [5.41, 5.74) is 4.74. The molecule has 19 heavy (non-hydrogen) atoms. The van der Waals surface area contributed by atoms with E-state index in [0.29, 0.717) is 11.1 Å². The predicted molar refractivity (Wildman–Crippen MR) is 69.5 cm³/mol. The first-order valence-electron chi connectivity index (χ1n) is 6.22. The molecule has 104 valence electrons. The second-order valence-corrected chi connectivity index (χ2v) is 4.75. The molecule has 1 atom stereocenters. The van der Waals surface area contributed by atoms with Crippen molar-refractivity contribution in [3.63, 3.8) is 0 Å². The second kappa shape index (κ2) is 5.64. The van der Waals surface area contributed by atoms with E-state index in [1.165, 1.54) is 0 Å². The maximum absolute atomic E-state index is 14.2. The molecule has 1 heterocycles. The van der Waals surface area contributed by atoms with Gasteiger partial charge in [0, 0.05) is 31.7 Å². The quantitative estimate of drug-likeness (QED) is 0.579. The normalized spacial score (nSPS) is 18.5. The molecule has 1 unspecified atom stereocenters. The predicted octanol–water partition coefficient (Wildman–Crippen LogP) is -0.496. The van der Waals surface area contributed by atoms with Crippen molar-refractivity contribution in [2.75, 3.05) is 26.2 Å². The number of nitrogens with two attached hydrogens (primary N) is 1. The molecule has 1 aliphatic rings. The van der Waals surface area contributed by atoms with Crippen LogP contribution in [-0.4, -0.2) is 43.3 Å². The summed E-state index contributed by atoms with van der Waals surface area (Å²) >= 11 is 0. The van der Waals surface area contributed by atoms with Crippen LogP contribution in [0.1, 0.15) is 15.9 Å². The van der Waals surface area contributed by atoms with Crippen LogP contribution in [0.5, 0.6) is 0 Å². The highest BCUT2D eigenvalue weighted by atomic mass is 19.1. The van der Waals surface area contributed by atoms with E-state index >= 15 is 0 Å². The van der Waals surface area contributed by atoms with E-state index in [2.05, 4.69) is 10.6 Å². The first-order valence-corrected chi connectivity index (χ1v) is 6.22. The SMILES string of the molecule is NCC(O)CNC(=O)c1cccc(C2(F)CNC2)c1. The van der Waals surface area contributed by atoms with Gasteiger partial charge in [-0.2, -0.15) is 0 Å². The molecule has 5 N–H and O–H groups in total. The van der Waals surface area contributed by atoms with E-state index in [-0.39, 0.29) is 32.1 Å². The van der Waals surface area contributed by atoms with E-state index in [0.717, 1.165) is 0 Å². The number of benzene rings is 1. The molecule has 1 fully saturated rings. The van der Waals surface area contributed by atoms with Crippen LogP contribution < -0.4 is 16.4 Å². The number of alkyl halides is 1. The average Bonchev–Trinajstić information content (AvgIpc) is 2.41. The van der Waals surface area contributed by atoms with Crippen molar-refractivity contribution in [2.45, 2.75) is 11.8 Å². The highest BCUT2D eigenvalue weighted by molar-refractivity contribution is 5.94. The molecule has 1 saturated heterocycles. The minimum Gasteiger partial charge on any atom is -0.390 e. The summed E-state index contributed by atoms with van der Waals surface area (Å²) in [5, 5.41) is 14.7. The molecule has 5 nitrogen and oxygen atoms in total. The van der Waals surface area contributed by atoms with Crippen molar-refractivity contribution >= 4 is 5.91 Å². The van der Waals surface area contributed by atoms with Gasteiger partial charge in [-0.25, -0.2) is 4.39 Å². The molecule has 0 saturated carbocycles. The Morgan fingerprint density at radius 2 is 2.32 bits per heavy atom. The van der Waals surface area contributed by atoms with E-state index in [4.69, 9.17) is 5.73 Å². The fourth-order valence-corrected chi connectivity index (χ4v) is 1.88. The van der Waals surface area contributed by atoms with Crippen LogP contribution in [0.25, 0.3) is 0 Å². The number of hydrogen-bond acceptors (Lipinski definition) is 4. The number of aliphatic hydroxyl groups is 1. The van der Waals surface area contributed by atoms with Crippen molar-refractivity contribution in [3.8, 4) is 0 Å². The van der Waals surface area contributed by atoms with Gasteiger partial charge in [0.05, 0.1) is 6.10 Å². The molecule has 0 bridgehead atoms. The fourth-order valence-electron chi connectivity index (χ4n) is 1.88. The highest BCUT2D eigenvalue weighted by Crippen LogP contribution is 2.30. The van der Waals surface area contributed by atoms with Crippen LogP contribution in [0.15, 0.2) is 24.3 Å². The van der Waals surface area contributed by atoms with Gasteiger partial charge in [0.1, 0.15) is 0 Å². The number of amides is 1. The van der Waals surface area contributed by atoms with E-state index in [9.17, 15) is 14.3 Å². The van der Waals surface area contributed by atoms with E-state index in [1.807, 2.05) is 0 Å². The van der Waals surface area contributed by atoms with Crippen LogP contribution in [0.3, 0.4) is 0 Å². The number of aliphatic hydroxyl groups excluding tert-OH is 1. The number of nitrogens with one attached hydrogen (secondary N) is 2. The molecule has 0 radical (unpaired) electrons. The molecule has 6 heteroatoms.